The van der Waals surface area contributed by atoms with Crippen LogP contribution >= 0.6 is 11.3 Å². The molecule has 0 saturated heterocycles. The number of nitrogens with zero attached hydrogens (tertiary/aromatic N) is 1. The molecule has 0 bridgehead atoms. The maximum atomic E-state index is 12.8. The molecule has 4 rings (SSSR count). The molecule has 0 saturated carbocycles. The molecule has 7 nitrogen and oxygen atoms in total. The standard InChI is InChI=1S/C22H19N3O4S/c1-29-21(28)14-7-9-15(10-8-14)23-20(27)16-11-12-17-18(16)24-22(30-17)25-19(26)13-5-3-2-4-6-13/h2-10,16H,11-12H2,1H3,(H,23,27)(H,24,25,26)/t16-/m0/s1. The Morgan fingerprint density at radius 3 is 2.43 bits per heavy atom. The molecule has 2 aromatic carbocycles. The molecule has 3 aromatic rings. The van der Waals surface area contributed by atoms with Gasteiger partial charge in [-0.2, -0.15) is 0 Å². The number of hydrogen-bond donors (Lipinski definition) is 2. The third-order valence-electron chi connectivity index (χ3n) is 4.86. The van der Waals surface area contributed by atoms with E-state index in [1.165, 1.54) is 18.4 Å². The van der Waals surface area contributed by atoms with Crippen LogP contribution in [0, 0.1) is 0 Å². The largest absolute Gasteiger partial charge is 0.465 e. The summed E-state index contributed by atoms with van der Waals surface area (Å²) >= 11 is 1.41. The lowest BCUT2D eigenvalue weighted by atomic mass is 10.1. The molecule has 1 aliphatic rings. The Bertz CT molecular complexity index is 1090. The van der Waals surface area contributed by atoms with Crippen LogP contribution in [-0.4, -0.2) is 29.9 Å². The van der Waals surface area contributed by atoms with Gasteiger partial charge in [-0.15, -0.1) is 11.3 Å². The van der Waals surface area contributed by atoms with Gasteiger partial charge in [-0.3, -0.25) is 14.9 Å². The first-order valence-electron chi connectivity index (χ1n) is 9.40. The quantitative estimate of drug-likeness (QED) is 0.610. The van der Waals surface area contributed by atoms with Crippen LogP contribution in [0.15, 0.2) is 54.6 Å². The van der Waals surface area contributed by atoms with Crippen molar-refractivity contribution in [2.75, 3.05) is 17.7 Å². The van der Waals surface area contributed by atoms with Gasteiger partial charge in [0.2, 0.25) is 5.91 Å². The maximum Gasteiger partial charge on any atom is 0.337 e. The smallest absolute Gasteiger partial charge is 0.337 e. The Hall–Kier alpha value is -3.52. The van der Waals surface area contributed by atoms with Gasteiger partial charge < -0.3 is 10.1 Å². The zero-order valence-corrected chi connectivity index (χ0v) is 17.0. The first kappa shape index (κ1) is 19.8. The molecule has 0 radical (unpaired) electrons. The number of thiazole rings is 1. The first-order chi connectivity index (χ1) is 14.5. The summed E-state index contributed by atoms with van der Waals surface area (Å²) in [6, 6.07) is 15.4. The number of amides is 2. The van der Waals surface area contributed by atoms with Crippen LogP contribution in [-0.2, 0) is 16.0 Å². The van der Waals surface area contributed by atoms with Crippen LogP contribution < -0.4 is 10.6 Å². The number of benzene rings is 2. The number of esters is 1. The highest BCUT2D eigenvalue weighted by Crippen LogP contribution is 2.39. The minimum atomic E-state index is -0.430. The summed E-state index contributed by atoms with van der Waals surface area (Å²) in [5.74, 6) is -1.19. The minimum absolute atomic E-state index is 0.161. The number of methoxy groups -OCH3 is 1. The van der Waals surface area contributed by atoms with E-state index in [1.54, 1.807) is 48.5 Å². The average Bonchev–Trinajstić information content (AvgIpc) is 3.34. The average molecular weight is 421 g/mol. The summed E-state index contributed by atoms with van der Waals surface area (Å²) in [7, 11) is 1.32. The number of carbonyl (C=O) groups is 3. The molecule has 0 aliphatic heterocycles. The normalized spacial score (nSPS) is 14.6. The fourth-order valence-corrected chi connectivity index (χ4v) is 4.36. The van der Waals surface area contributed by atoms with Crippen molar-refractivity contribution in [3.05, 3.63) is 76.3 Å². The highest BCUT2D eigenvalue weighted by molar-refractivity contribution is 7.16. The molecule has 0 fully saturated rings. The number of aryl methyl sites for hydroxylation is 1. The molecular weight excluding hydrogens is 402 g/mol. The van der Waals surface area contributed by atoms with Crippen molar-refractivity contribution >= 4 is 39.9 Å². The van der Waals surface area contributed by atoms with E-state index in [9.17, 15) is 14.4 Å². The molecular formula is C22H19N3O4S. The lowest BCUT2D eigenvalue weighted by molar-refractivity contribution is -0.117. The summed E-state index contributed by atoms with van der Waals surface area (Å²) in [5, 5.41) is 6.18. The first-order valence-corrected chi connectivity index (χ1v) is 10.2. The predicted molar refractivity (Wildman–Crippen MR) is 114 cm³/mol. The van der Waals surface area contributed by atoms with Crippen molar-refractivity contribution in [1.82, 2.24) is 4.98 Å². The number of ether oxygens (including phenoxy) is 1. The number of fused-ring (bicyclic) bond motifs is 1. The van der Waals surface area contributed by atoms with E-state index in [2.05, 4.69) is 20.4 Å². The Balaban J connectivity index is 1.43. The molecule has 0 unspecified atom stereocenters. The molecule has 2 amide bonds. The van der Waals surface area contributed by atoms with E-state index in [4.69, 9.17) is 0 Å². The molecule has 152 valence electrons. The lowest BCUT2D eigenvalue weighted by Gasteiger charge is -2.11. The zero-order valence-electron chi connectivity index (χ0n) is 16.2. The van der Waals surface area contributed by atoms with Gasteiger partial charge in [0.15, 0.2) is 5.13 Å². The number of rotatable bonds is 5. The maximum absolute atomic E-state index is 12.8. The third-order valence-corrected chi connectivity index (χ3v) is 5.91. The van der Waals surface area contributed by atoms with Crippen molar-refractivity contribution in [2.24, 2.45) is 0 Å². The highest BCUT2D eigenvalue weighted by Gasteiger charge is 2.33. The Kier molecular flexibility index (Phi) is 5.58. The number of aromatic nitrogens is 1. The summed E-state index contributed by atoms with van der Waals surface area (Å²) in [5.41, 5.74) is 2.27. The number of hydrogen-bond acceptors (Lipinski definition) is 6. The SMILES string of the molecule is COC(=O)c1ccc(NC(=O)[C@H]2CCc3sc(NC(=O)c4ccccc4)nc32)cc1. The van der Waals surface area contributed by atoms with Crippen LogP contribution in [0.4, 0.5) is 10.8 Å². The lowest BCUT2D eigenvalue weighted by Crippen LogP contribution is -2.20. The van der Waals surface area contributed by atoms with E-state index in [0.29, 0.717) is 34.1 Å². The van der Waals surface area contributed by atoms with Gasteiger partial charge in [0.05, 0.1) is 24.3 Å². The van der Waals surface area contributed by atoms with E-state index >= 15 is 0 Å². The second kappa shape index (κ2) is 8.46. The molecule has 1 atom stereocenters. The molecule has 8 heteroatoms. The van der Waals surface area contributed by atoms with Gasteiger partial charge in [-0.1, -0.05) is 18.2 Å². The fraction of sp³-hybridized carbons (Fsp3) is 0.182. The van der Waals surface area contributed by atoms with Crippen molar-refractivity contribution in [3.63, 3.8) is 0 Å². The summed E-state index contributed by atoms with van der Waals surface area (Å²) in [6.45, 7) is 0. The van der Waals surface area contributed by atoms with Gasteiger partial charge in [-0.25, -0.2) is 9.78 Å². The Morgan fingerprint density at radius 1 is 1.00 bits per heavy atom. The van der Waals surface area contributed by atoms with Crippen LogP contribution in [0.1, 0.15) is 43.6 Å². The van der Waals surface area contributed by atoms with Gasteiger partial charge in [-0.05, 0) is 49.2 Å². The molecule has 30 heavy (non-hydrogen) atoms. The van der Waals surface area contributed by atoms with Crippen molar-refractivity contribution < 1.29 is 19.1 Å². The van der Waals surface area contributed by atoms with Gasteiger partial charge in [0.25, 0.3) is 5.91 Å². The van der Waals surface area contributed by atoms with Gasteiger partial charge >= 0.3 is 5.97 Å². The second-order valence-corrected chi connectivity index (χ2v) is 7.88. The summed E-state index contributed by atoms with van der Waals surface area (Å²) < 4.78 is 4.67. The number of anilines is 2. The van der Waals surface area contributed by atoms with E-state index in [0.717, 1.165) is 11.3 Å². The fourth-order valence-electron chi connectivity index (χ4n) is 3.33. The molecule has 1 heterocycles. The van der Waals surface area contributed by atoms with Crippen LogP contribution in [0.5, 0.6) is 0 Å². The second-order valence-electron chi connectivity index (χ2n) is 6.80. The van der Waals surface area contributed by atoms with Crippen molar-refractivity contribution in [3.8, 4) is 0 Å². The summed E-state index contributed by atoms with van der Waals surface area (Å²) in [4.78, 5) is 42.2. The number of nitrogens with one attached hydrogen (secondary N) is 2. The van der Waals surface area contributed by atoms with Crippen molar-refractivity contribution in [1.29, 1.82) is 0 Å². The van der Waals surface area contributed by atoms with E-state index < -0.39 is 5.97 Å². The van der Waals surface area contributed by atoms with Crippen LogP contribution in [0.25, 0.3) is 0 Å². The molecule has 2 N–H and O–H groups in total. The highest BCUT2D eigenvalue weighted by atomic mass is 32.1. The van der Waals surface area contributed by atoms with Crippen molar-refractivity contribution in [2.45, 2.75) is 18.8 Å². The van der Waals surface area contributed by atoms with E-state index in [-0.39, 0.29) is 17.7 Å². The minimum Gasteiger partial charge on any atom is -0.465 e. The van der Waals surface area contributed by atoms with Gasteiger partial charge in [0.1, 0.15) is 0 Å². The van der Waals surface area contributed by atoms with Gasteiger partial charge in [0, 0.05) is 16.1 Å². The van der Waals surface area contributed by atoms with Crippen LogP contribution in [0.2, 0.25) is 0 Å². The monoisotopic (exact) mass is 421 g/mol. The topological polar surface area (TPSA) is 97.4 Å². The number of carbonyl (C=O) groups excluding carboxylic acids is 3. The zero-order chi connectivity index (χ0) is 21.1. The third kappa shape index (κ3) is 4.08. The van der Waals surface area contributed by atoms with Crippen LogP contribution in [0.3, 0.4) is 0 Å². The Morgan fingerprint density at radius 2 is 1.73 bits per heavy atom. The van der Waals surface area contributed by atoms with E-state index in [1.807, 2.05) is 6.07 Å². The molecule has 1 aromatic heterocycles. The molecule has 0 spiro atoms. The predicted octanol–water partition coefficient (Wildman–Crippen LogP) is 3.85. The molecule has 1 aliphatic carbocycles. The Labute approximate surface area is 177 Å². The summed E-state index contributed by atoms with van der Waals surface area (Å²) in [6.07, 6.45) is 1.42.